The van der Waals surface area contributed by atoms with Gasteiger partial charge in [0.15, 0.2) is 5.82 Å². The van der Waals surface area contributed by atoms with Crippen LogP contribution in [0.4, 0.5) is 11.8 Å². The van der Waals surface area contributed by atoms with E-state index in [1.807, 2.05) is 18.0 Å². The predicted molar refractivity (Wildman–Crippen MR) is 87.0 cm³/mol. The highest BCUT2D eigenvalue weighted by molar-refractivity contribution is 5.43. The van der Waals surface area contributed by atoms with Crippen molar-refractivity contribution in [3.05, 3.63) is 23.9 Å². The van der Waals surface area contributed by atoms with Crippen molar-refractivity contribution < 1.29 is 4.74 Å². The van der Waals surface area contributed by atoms with E-state index < -0.39 is 0 Å². The Hall–Kier alpha value is -2.22. The van der Waals surface area contributed by atoms with Crippen molar-refractivity contribution in [2.45, 2.75) is 38.8 Å². The van der Waals surface area contributed by atoms with Crippen LogP contribution < -0.4 is 10.6 Å². The largest absolute Gasteiger partial charge is 0.381 e. The molecule has 0 aliphatic carbocycles. The average molecular weight is 317 g/mol. The summed E-state index contributed by atoms with van der Waals surface area (Å²) in [5.74, 6) is 2.31. The Balaban J connectivity index is 1.78. The number of aryl methyl sites for hydroxylation is 1. The molecule has 1 unspecified atom stereocenters. The number of nitrogen functional groups attached to an aromatic ring is 1. The molecule has 0 spiro atoms. The summed E-state index contributed by atoms with van der Waals surface area (Å²) in [6.45, 7) is 5.14. The average Bonchev–Trinajstić information content (AvgIpc) is 3.19. The number of ether oxygens (including phenoxy) is 1. The molecular formula is C15H23N7O. The minimum absolute atomic E-state index is 0.297. The van der Waals surface area contributed by atoms with Crippen LogP contribution in [0.5, 0.6) is 0 Å². The van der Waals surface area contributed by atoms with E-state index in [4.69, 9.17) is 10.5 Å². The molecule has 1 aliphatic rings. The molecular weight excluding hydrogens is 294 g/mol. The highest BCUT2D eigenvalue weighted by Gasteiger charge is 2.21. The minimum atomic E-state index is 0.297. The first-order valence-electron chi connectivity index (χ1n) is 7.97. The first-order valence-corrected chi connectivity index (χ1v) is 7.97. The maximum Gasteiger partial charge on any atom is 0.222 e. The van der Waals surface area contributed by atoms with Crippen LogP contribution in [0, 0.1) is 0 Å². The van der Waals surface area contributed by atoms with Crippen LogP contribution in [0.1, 0.15) is 37.2 Å². The van der Waals surface area contributed by atoms with Gasteiger partial charge in [-0.1, -0.05) is 6.92 Å². The SMILES string of the molecule is CCCn1cnnc1CN(C)c1cc(C2CCOC2)nc(N)n1. The molecule has 2 aromatic heterocycles. The van der Waals surface area contributed by atoms with Gasteiger partial charge in [-0.3, -0.25) is 0 Å². The molecule has 2 aromatic rings. The standard InChI is InChI=1S/C15H23N7O/c1-3-5-22-10-17-20-14(22)8-21(2)13-7-12(18-15(16)19-13)11-4-6-23-9-11/h7,10-11H,3-6,8-9H2,1-2H3,(H2,16,18,19). The molecule has 1 aliphatic heterocycles. The van der Waals surface area contributed by atoms with Gasteiger partial charge in [-0.2, -0.15) is 4.98 Å². The molecule has 0 radical (unpaired) electrons. The molecule has 8 nitrogen and oxygen atoms in total. The fourth-order valence-electron chi connectivity index (χ4n) is 2.77. The van der Waals surface area contributed by atoms with Gasteiger partial charge in [-0.25, -0.2) is 4.98 Å². The number of aromatic nitrogens is 5. The summed E-state index contributed by atoms with van der Waals surface area (Å²) in [6, 6.07) is 2.00. The van der Waals surface area contributed by atoms with Gasteiger partial charge in [-0.15, -0.1) is 10.2 Å². The zero-order valence-corrected chi connectivity index (χ0v) is 13.6. The lowest BCUT2D eigenvalue weighted by Crippen LogP contribution is -2.22. The van der Waals surface area contributed by atoms with Crippen LogP contribution in [0.2, 0.25) is 0 Å². The monoisotopic (exact) mass is 317 g/mol. The van der Waals surface area contributed by atoms with E-state index in [1.165, 1.54) is 0 Å². The second-order valence-corrected chi connectivity index (χ2v) is 5.87. The van der Waals surface area contributed by atoms with Crippen molar-refractivity contribution in [1.82, 2.24) is 24.7 Å². The Kier molecular flexibility index (Phi) is 4.71. The normalized spacial score (nSPS) is 17.6. The Labute approximate surface area is 135 Å². The Bertz CT molecular complexity index is 651. The number of nitrogens with two attached hydrogens (primary N) is 1. The van der Waals surface area contributed by atoms with Gasteiger partial charge in [0, 0.05) is 32.2 Å². The third-order valence-corrected chi connectivity index (χ3v) is 4.03. The summed E-state index contributed by atoms with van der Waals surface area (Å²) in [4.78, 5) is 10.7. The van der Waals surface area contributed by atoms with Gasteiger partial charge in [0.05, 0.1) is 18.8 Å². The van der Waals surface area contributed by atoms with Gasteiger partial charge in [0.25, 0.3) is 0 Å². The predicted octanol–water partition coefficient (Wildman–Crippen LogP) is 1.20. The lowest BCUT2D eigenvalue weighted by atomic mass is 10.0. The van der Waals surface area contributed by atoms with Gasteiger partial charge in [-0.05, 0) is 12.8 Å². The number of hydrogen-bond acceptors (Lipinski definition) is 7. The molecule has 0 amide bonds. The fourth-order valence-corrected chi connectivity index (χ4v) is 2.77. The fraction of sp³-hybridized carbons (Fsp3) is 0.600. The zero-order chi connectivity index (χ0) is 16.2. The van der Waals surface area contributed by atoms with E-state index in [0.717, 1.165) is 43.3 Å². The summed E-state index contributed by atoms with van der Waals surface area (Å²) in [7, 11) is 1.97. The van der Waals surface area contributed by atoms with Crippen molar-refractivity contribution in [1.29, 1.82) is 0 Å². The van der Waals surface area contributed by atoms with E-state index in [-0.39, 0.29) is 0 Å². The number of rotatable bonds is 6. The smallest absolute Gasteiger partial charge is 0.222 e. The first-order chi connectivity index (χ1) is 11.2. The topological polar surface area (TPSA) is 95.0 Å². The second kappa shape index (κ2) is 6.91. The van der Waals surface area contributed by atoms with E-state index in [1.54, 1.807) is 6.33 Å². The van der Waals surface area contributed by atoms with Crippen LogP contribution >= 0.6 is 0 Å². The van der Waals surface area contributed by atoms with Crippen LogP contribution in [0.15, 0.2) is 12.4 Å². The molecule has 2 N–H and O–H groups in total. The lowest BCUT2D eigenvalue weighted by Gasteiger charge is -2.19. The molecule has 23 heavy (non-hydrogen) atoms. The first kappa shape index (κ1) is 15.7. The summed E-state index contributed by atoms with van der Waals surface area (Å²) in [6.07, 6.45) is 3.79. The lowest BCUT2D eigenvalue weighted by molar-refractivity contribution is 0.193. The van der Waals surface area contributed by atoms with Crippen LogP contribution in [0.25, 0.3) is 0 Å². The number of anilines is 2. The molecule has 0 bridgehead atoms. The van der Waals surface area contributed by atoms with Gasteiger partial charge < -0.3 is 19.9 Å². The summed E-state index contributed by atoms with van der Waals surface area (Å²) < 4.78 is 7.51. The van der Waals surface area contributed by atoms with E-state index in [9.17, 15) is 0 Å². The van der Waals surface area contributed by atoms with Crippen LogP contribution in [0.3, 0.4) is 0 Å². The number of nitrogens with zero attached hydrogens (tertiary/aromatic N) is 6. The Morgan fingerprint density at radius 1 is 1.43 bits per heavy atom. The molecule has 8 heteroatoms. The minimum Gasteiger partial charge on any atom is -0.381 e. The molecule has 1 atom stereocenters. The van der Waals surface area contributed by atoms with Crippen molar-refractivity contribution in [3.8, 4) is 0 Å². The Morgan fingerprint density at radius 2 is 2.30 bits per heavy atom. The van der Waals surface area contributed by atoms with Crippen molar-refractivity contribution >= 4 is 11.8 Å². The van der Waals surface area contributed by atoms with Gasteiger partial charge in [0.1, 0.15) is 12.1 Å². The third kappa shape index (κ3) is 3.58. The quantitative estimate of drug-likeness (QED) is 0.855. The molecule has 1 fully saturated rings. The van der Waals surface area contributed by atoms with Crippen LogP contribution in [-0.4, -0.2) is 45.0 Å². The summed E-state index contributed by atoms with van der Waals surface area (Å²) >= 11 is 0. The van der Waals surface area contributed by atoms with Crippen molar-refractivity contribution in [2.24, 2.45) is 0 Å². The highest BCUT2D eigenvalue weighted by Crippen LogP contribution is 2.26. The van der Waals surface area contributed by atoms with Gasteiger partial charge >= 0.3 is 0 Å². The molecule has 1 saturated heterocycles. The Morgan fingerprint density at radius 3 is 3.04 bits per heavy atom. The van der Waals surface area contributed by atoms with Crippen molar-refractivity contribution in [2.75, 3.05) is 30.9 Å². The van der Waals surface area contributed by atoms with Gasteiger partial charge in [0.2, 0.25) is 5.95 Å². The molecule has 3 heterocycles. The molecule has 3 rings (SSSR count). The second-order valence-electron chi connectivity index (χ2n) is 5.87. The molecule has 124 valence electrons. The third-order valence-electron chi connectivity index (χ3n) is 4.03. The van der Waals surface area contributed by atoms with E-state index in [2.05, 4.69) is 31.7 Å². The molecule has 0 aromatic carbocycles. The summed E-state index contributed by atoms with van der Waals surface area (Å²) in [5.41, 5.74) is 6.84. The molecule has 0 saturated carbocycles. The highest BCUT2D eigenvalue weighted by atomic mass is 16.5. The van der Waals surface area contributed by atoms with E-state index >= 15 is 0 Å². The van der Waals surface area contributed by atoms with E-state index in [0.29, 0.717) is 25.0 Å². The van der Waals surface area contributed by atoms with Crippen molar-refractivity contribution in [3.63, 3.8) is 0 Å². The summed E-state index contributed by atoms with van der Waals surface area (Å²) in [5, 5.41) is 8.20. The zero-order valence-electron chi connectivity index (χ0n) is 13.6. The number of hydrogen-bond donors (Lipinski definition) is 1. The van der Waals surface area contributed by atoms with Crippen LogP contribution in [-0.2, 0) is 17.8 Å². The maximum absolute atomic E-state index is 5.89. The maximum atomic E-state index is 5.89.